The van der Waals surface area contributed by atoms with Crippen molar-refractivity contribution < 1.29 is 9.72 Å². The number of benzene rings is 1. The summed E-state index contributed by atoms with van der Waals surface area (Å²) in [6.45, 7) is 2.30. The second-order valence-electron chi connectivity index (χ2n) is 4.68. The summed E-state index contributed by atoms with van der Waals surface area (Å²) >= 11 is 0. The Morgan fingerprint density at radius 3 is 2.79 bits per heavy atom. The van der Waals surface area contributed by atoms with Crippen LogP contribution in [-0.4, -0.2) is 47.3 Å². The maximum atomic E-state index is 11.6. The lowest BCUT2D eigenvalue weighted by Crippen LogP contribution is -2.47. The van der Waals surface area contributed by atoms with E-state index in [1.807, 2.05) is 4.90 Å². The molecule has 1 fully saturated rings. The molecule has 1 amide bonds. The molecule has 1 saturated heterocycles. The number of carbonyl (C=O) groups excluding carboxylic acids is 1. The number of likely N-dealkylation sites (N-methyl/N-ethyl adjacent to an activating group) is 1. The molecule has 2 N–H and O–H groups in total. The zero-order valence-corrected chi connectivity index (χ0v) is 10.7. The summed E-state index contributed by atoms with van der Waals surface area (Å²) in [6.07, 6.45) is 0. The highest BCUT2D eigenvalue weighted by atomic mass is 16.6. The van der Waals surface area contributed by atoms with Gasteiger partial charge >= 0.3 is 0 Å². The fourth-order valence-corrected chi connectivity index (χ4v) is 2.05. The quantitative estimate of drug-likeness (QED) is 0.486. The number of hydrogen-bond acceptors (Lipinski definition) is 5. The molecule has 0 unspecified atom stereocenters. The average Bonchev–Trinajstić information content (AvgIpc) is 2.36. The van der Waals surface area contributed by atoms with Crippen LogP contribution in [0.3, 0.4) is 0 Å². The third-order valence-electron chi connectivity index (χ3n) is 3.23. The smallest absolute Gasteiger partial charge is 0.292 e. The lowest BCUT2D eigenvalue weighted by atomic mass is 10.1. The van der Waals surface area contributed by atoms with E-state index in [2.05, 4.69) is 0 Å². The van der Waals surface area contributed by atoms with E-state index in [0.717, 1.165) is 12.1 Å². The number of rotatable bonds is 3. The van der Waals surface area contributed by atoms with Crippen LogP contribution in [-0.2, 0) is 11.3 Å². The zero-order valence-electron chi connectivity index (χ0n) is 10.7. The molecule has 0 atom stereocenters. The third-order valence-corrected chi connectivity index (χ3v) is 3.23. The first-order valence-corrected chi connectivity index (χ1v) is 5.96. The number of hydrogen-bond donors (Lipinski definition) is 1. The van der Waals surface area contributed by atoms with Crippen molar-refractivity contribution in [2.24, 2.45) is 0 Å². The Morgan fingerprint density at radius 1 is 1.42 bits per heavy atom. The molecule has 1 heterocycles. The molecular formula is C12H16N4O3. The van der Waals surface area contributed by atoms with Crippen molar-refractivity contribution in [1.29, 1.82) is 0 Å². The van der Waals surface area contributed by atoms with Gasteiger partial charge in [0.1, 0.15) is 5.69 Å². The molecule has 0 aromatic heterocycles. The van der Waals surface area contributed by atoms with E-state index >= 15 is 0 Å². The van der Waals surface area contributed by atoms with Crippen molar-refractivity contribution in [2.45, 2.75) is 6.54 Å². The molecule has 0 saturated carbocycles. The number of nitro groups is 1. The lowest BCUT2D eigenvalue weighted by molar-refractivity contribution is -0.384. The van der Waals surface area contributed by atoms with Gasteiger partial charge < -0.3 is 10.6 Å². The highest BCUT2D eigenvalue weighted by molar-refractivity contribution is 5.78. The predicted molar refractivity (Wildman–Crippen MR) is 70.4 cm³/mol. The summed E-state index contributed by atoms with van der Waals surface area (Å²) in [7, 11) is 1.77. The number of nitrogen functional groups attached to an aromatic ring is 1. The van der Waals surface area contributed by atoms with E-state index in [1.54, 1.807) is 18.0 Å². The largest absolute Gasteiger partial charge is 0.393 e. The summed E-state index contributed by atoms with van der Waals surface area (Å²) in [5, 5.41) is 10.8. The Balaban J connectivity index is 2.09. The summed E-state index contributed by atoms with van der Waals surface area (Å²) < 4.78 is 0. The molecule has 0 aliphatic carbocycles. The topological polar surface area (TPSA) is 92.7 Å². The van der Waals surface area contributed by atoms with E-state index in [1.165, 1.54) is 12.1 Å². The van der Waals surface area contributed by atoms with Gasteiger partial charge in [0, 0.05) is 32.7 Å². The molecule has 1 aliphatic heterocycles. The Morgan fingerprint density at radius 2 is 2.16 bits per heavy atom. The normalized spacial score (nSPS) is 16.7. The van der Waals surface area contributed by atoms with Gasteiger partial charge in [-0.1, -0.05) is 6.07 Å². The van der Waals surface area contributed by atoms with Crippen molar-refractivity contribution >= 4 is 17.3 Å². The van der Waals surface area contributed by atoms with Crippen LogP contribution in [0.15, 0.2) is 18.2 Å². The molecule has 0 spiro atoms. The summed E-state index contributed by atoms with van der Waals surface area (Å²) in [5.41, 5.74) is 6.41. The molecule has 7 nitrogen and oxygen atoms in total. The first-order valence-electron chi connectivity index (χ1n) is 5.96. The van der Waals surface area contributed by atoms with Crippen LogP contribution in [0.1, 0.15) is 5.56 Å². The van der Waals surface area contributed by atoms with Crippen LogP contribution in [0.5, 0.6) is 0 Å². The molecule has 7 heteroatoms. The molecule has 2 rings (SSSR count). The van der Waals surface area contributed by atoms with Gasteiger partial charge in [-0.25, -0.2) is 0 Å². The highest BCUT2D eigenvalue weighted by Gasteiger charge is 2.21. The number of nitrogens with two attached hydrogens (primary N) is 1. The van der Waals surface area contributed by atoms with Crippen molar-refractivity contribution in [3.8, 4) is 0 Å². The van der Waals surface area contributed by atoms with Crippen molar-refractivity contribution in [3.05, 3.63) is 33.9 Å². The van der Waals surface area contributed by atoms with E-state index in [9.17, 15) is 14.9 Å². The van der Waals surface area contributed by atoms with Gasteiger partial charge in [-0.2, -0.15) is 0 Å². The van der Waals surface area contributed by atoms with Crippen LogP contribution in [0, 0.1) is 10.1 Å². The van der Waals surface area contributed by atoms with Gasteiger partial charge in [-0.3, -0.25) is 19.8 Å². The summed E-state index contributed by atoms with van der Waals surface area (Å²) in [6, 6.07) is 4.76. The first-order chi connectivity index (χ1) is 8.97. The Hall–Kier alpha value is -2.15. The minimum atomic E-state index is -0.492. The van der Waals surface area contributed by atoms with Crippen molar-refractivity contribution in [2.75, 3.05) is 32.4 Å². The zero-order chi connectivity index (χ0) is 14.0. The van der Waals surface area contributed by atoms with Crippen LogP contribution in [0.2, 0.25) is 0 Å². The first kappa shape index (κ1) is 13.3. The van der Waals surface area contributed by atoms with Gasteiger partial charge in [0.15, 0.2) is 0 Å². The van der Waals surface area contributed by atoms with Gasteiger partial charge in [0.2, 0.25) is 5.91 Å². The van der Waals surface area contributed by atoms with E-state index in [0.29, 0.717) is 19.6 Å². The molecule has 1 aromatic rings. The maximum absolute atomic E-state index is 11.6. The molecular weight excluding hydrogens is 248 g/mol. The minimum Gasteiger partial charge on any atom is -0.393 e. The molecule has 1 aliphatic rings. The Kier molecular flexibility index (Phi) is 3.66. The fourth-order valence-electron chi connectivity index (χ4n) is 2.05. The number of piperazine rings is 1. The number of carbonyl (C=O) groups is 1. The number of amides is 1. The summed E-state index contributed by atoms with van der Waals surface area (Å²) in [4.78, 5) is 25.6. The van der Waals surface area contributed by atoms with Gasteiger partial charge in [-0.15, -0.1) is 0 Å². The monoisotopic (exact) mass is 264 g/mol. The second kappa shape index (κ2) is 5.23. The standard InChI is InChI=1S/C12H16N4O3/c1-14-4-5-15(8-12(14)17)7-9-2-3-10(13)11(6-9)16(18)19/h2-3,6H,4-5,7-8,13H2,1H3. The van der Waals surface area contributed by atoms with Crippen LogP contribution < -0.4 is 5.73 Å². The Bertz CT molecular complexity index is 518. The molecule has 102 valence electrons. The van der Waals surface area contributed by atoms with Gasteiger partial charge in [0.05, 0.1) is 11.5 Å². The van der Waals surface area contributed by atoms with Crippen LogP contribution in [0.4, 0.5) is 11.4 Å². The minimum absolute atomic E-state index is 0.0659. The lowest BCUT2D eigenvalue weighted by Gasteiger charge is -2.31. The predicted octanol–water partition coefficient (Wildman–Crippen LogP) is 0.451. The Labute approximate surface area is 110 Å². The van der Waals surface area contributed by atoms with E-state index in [4.69, 9.17) is 5.73 Å². The molecule has 1 aromatic carbocycles. The SMILES string of the molecule is CN1CCN(Cc2ccc(N)c([N+](=O)[O-])c2)CC1=O. The number of nitro benzene ring substituents is 1. The highest BCUT2D eigenvalue weighted by Crippen LogP contribution is 2.23. The van der Waals surface area contributed by atoms with E-state index in [-0.39, 0.29) is 17.3 Å². The van der Waals surface area contributed by atoms with Crippen LogP contribution in [0.25, 0.3) is 0 Å². The van der Waals surface area contributed by atoms with E-state index < -0.39 is 4.92 Å². The summed E-state index contributed by atoms with van der Waals surface area (Å²) in [5.74, 6) is 0.0659. The molecule has 19 heavy (non-hydrogen) atoms. The van der Waals surface area contributed by atoms with Crippen molar-refractivity contribution in [3.63, 3.8) is 0 Å². The fraction of sp³-hybridized carbons (Fsp3) is 0.417. The van der Waals surface area contributed by atoms with Crippen LogP contribution >= 0.6 is 0 Å². The van der Waals surface area contributed by atoms with Crippen molar-refractivity contribution in [1.82, 2.24) is 9.80 Å². The molecule has 0 radical (unpaired) electrons. The number of nitrogens with zero attached hydrogens (tertiary/aromatic N) is 3. The molecule has 0 bridgehead atoms. The maximum Gasteiger partial charge on any atom is 0.292 e. The average molecular weight is 264 g/mol. The van der Waals surface area contributed by atoms with Gasteiger partial charge in [-0.05, 0) is 11.6 Å². The number of anilines is 1. The second-order valence-corrected chi connectivity index (χ2v) is 4.68. The third kappa shape index (κ3) is 3.00. The van der Waals surface area contributed by atoms with Gasteiger partial charge in [0.25, 0.3) is 5.69 Å².